The van der Waals surface area contributed by atoms with Gasteiger partial charge in [-0.1, -0.05) is 0 Å². The number of rotatable bonds is 4. The third-order valence-electron chi connectivity index (χ3n) is 3.62. The molecule has 0 aromatic carbocycles. The summed E-state index contributed by atoms with van der Waals surface area (Å²) >= 11 is 0. The summed E-state index contributed by atoms with van der Waals surface area (Å²) in [5, 5.41) is 0. The molecule has 2 aliphatic heterocycles. The maximum atomic E-state index is 5.64. The highest BCUT2D eigenvalue weighted by molar-refractivity contribution is 4.72. The Hall–Kier alpha value is -0.870. The van der Waals surface area contributed by atoms with Crippen molar-refractivity contribution < 1.29 is 14.0 Å². The van der Waals surface area contributed by atoms with E-state index < -0.39 is 0 Å². The minimum absolute atomic E-state index is 0.415. The molecule has 3 heterocycles. The summed E-state index contributed by atoms with van der Waals surface area (Å²) < 4.78 is 15.7. The first-order valence-electron chi connectivity index (χ1n) is 6.68. The Balaban J connectivity index is 1.54. The fourth-order valence-electron chi connectivity index (χ4n) is 2.70. The first-order chi connectivity index (χ1) is 8.40. The summed E-state index contributed by atoms with van der Waals surface area (Å²) in [4.78, 5) is 0. The van der Waals surface area contributed by atoms with E-state index in [9.17, 15) is 0 Å². The second kappa shape index (κ2) is 5.19. The van der Waals surface area contributed by atoms with Crippen LogP contribution in [0.15, 0.2) is 18.7 Å². The number of nitrogens with zero attached hydrogens (tertiary/aromatic N) is 2. The Morgan fingerprint density at radius 3 is 2.59 bits per heavy atom. The fraction of sp³-hybridized carbons (Fsp3) is 0.769. The number of ether oxygens (including phenoxy) is 2. The molecular weight excluding hydrogens is 216 g/mol. The quantitative estimate of drug-likeness (QED) is 0.734. The van der Waals surface area contributed by atoms with Gasteiger partial charge >= 0.3 is 0 Å². The minimum atomic E-state index is 0.415. The van der Waals surface area contributed by atoms with Crippen LogP contribution in [0.4, 0.5) is 0 Å². The highest BCUT2D eigenvalue weighted by Gasteiger charge is 2.21. The van der Waals surface area contributed by atoms with Gasteiger partial charge in [0.05, 0.1) is 12.2 Å². The molecule has 2 saturated heterocycles. The van der Waals surface area contributed by atoms with E-state index in [1.807, 2.05) is 0 Å². The van der Waals surface area contributed by atoms with Gasteiger partial charge in [-0.05, 0) is 25.7 Å². The van der Waals surface area contributed by atoms with Gasteiger partial charge < -0.3 is 9.47 Å². The molecule has 0 spiro atoms. The van der Waals surface area contributed by atoms with Gasteiger partial charge in [0.25, 0.3) is 0 Å². The van der Waals surface area contributed by atoms with Crippen LogP contribution in [0.5, 0.6) is 0 Å². The Labute approximate surface area is 102 Å². The molecule has 1 aromatic heterocycles. The van der Waals surface area contributed by atoms with Crippen LogP contribution in [0.3, 0.4) is 0 Å². The zero-order valence-corrected chi connectivity index (χ0v) is 10.3. The summed E-state index contributed by atoms with van der Waals surface area (Å²) in [5.41, 5.74) is 0. The predicted molar refractivity (Wildman–Crippen MR) is 62.6 cm³/mol. The number of aromatic nitrogens is 2. The smallest absolute Gasteiger partial charge is 0.243 e. The summed E-state index contributed by atoms with van der Waals surface area (Å²) in [6.07, 6.45) is 12.1. The lowest BCUT2D eigenvalue weighted by atomic mass is 10.2. The molecule has 94 valence electrons. The van der Waals surface area contributed by atoms with Gasteiger partial charge in [0.1, 0.15) is 25.5 Å². The predicted octanol–water partition coefficient (Wildman–Crippen LogP) is 1.13. The van der Waals surface area contributed by atoms with Crippen molar-refractivity contribution in [1.29, 1.82) is 0 Å². The van der Waals surface area contributed by atoms with Crippen molar-refractivity contribution in [2.75, 3.05) is 13.2 Å². The monoisotopic (exact) mass is 237 g/mol. The molecule has 2 unspecified atom stereocenters. The molecule has 17 heavy (non-hydrogen) atoms. The van der Waals surface area contributed by atoms with Crippen LogP contribution < -0.4 is 4.57 Å². The van der Waals surface area contributed by atoms with Crippen LogP contribution in [0, 0.1) is 0 Å². The Morgan fingerprint density at radius 2 is 1.88 bits per heavy atom. The first kappa shape index (κ1) is 11.2. The van der Waals surface area contributed by atoms with Crippen molar-refractivity contribution in [2.45, 2.75) is 51.0 Å². The maximum absolute atomic E-state index is 5.64. The molecule has 2 fully saturated rings. The van der Waals surface area contributed by atoms with Crippen molar-refractivity contribution >= 4 is 0 Å². The van der Waals surface area contributed by atoms with E-state index in [1.54, 1.807) is 0 Å². The number of imidazole rings is 1. The molecule has 4 nitrogen and oxygen atoms in total. The van der Waals surface area contributed by atoms with Gasteiger partial charge in [-0.25, -0.2) is 9.13 Å². The zero-order valence-electron chi connectivity index (χ0n) is 10.3. The lowest BCUT2D eigenvalue weighted by molar-refractivity contribution is -0.702. The largest absolute Gasteiger partial charge is 0.374 e. The van der Waals surface area contributed by atoms with E-state index in [-0.39, 0.29) is 0 Å². The molecule has 0 aliphatic carbocycles. The van der Waals surface area contributed by atoms with Crippen molar-refractivity contribution in [1.82, 2.24) is 4.57 Å². The normalized spacial score (nSPS) is 28.9. The van der Waals surface area contributed by atoms with Gasteiger partial charge in [-0.15, -0.1) is 0 Å². The first-order valence-corrected chi connectivity index (χ1v) is 6.68. The zero-order chi connectivity index (χ0) is 11.5. The molecule has 3 rings (SSSR count). The molecule has 2 atom stereocenters. The van der Waals surface area contributed by atoms with Crippen LogP contribution in [0.1, 0.15) is 25.7 Å². The highest BCUT2D eigenvalue weighted by Crippen LogP contribution is 2.14. The second-order valence-electron chi connectivity index (χ2n) is 5.08. The molecule has 1 aromatic rings. The topological polar surface area (TPSA) is 27.3 Å². The van der Waals surface area contributed by atoms with Crippen LogP contribution in [0.2, 0.25) is 0 Å². The average Bonchev–Trinajstić information content (AvgIpc) is 3.02. The molecule has 4 heteroatoms. The van der Waals surface area contributed by atoms with Crippen molar-refractivity contribution in [2.24, 2.45) is 0 Å². The van der Waals surface area contributed by atoms with E-state index in [0.717, 1.165) is 26.3 Å². The van der Waals surface area contributed by atoms with E-state index >= 15 is 0 Å². The van der Waals surface area contributed by atoms with Crippen LogP contribution in [0.25, 0.3) is 0 Å². The SMILES string of the molecule is c1c[n+](CC2CCCO2)cn1CC1CCCO1. The van der Waals surface area contributed by atoms with Gasteiger partial charge in [-0.2, -0.15) is 0 Å². The van der Waals surface area contributed by atoms with Crippen LogP contribution in [-0.2, 0) is 22.6 Å². The lowest BCUT2D eigenvalue weighted by Gasteiger charge is -2.06. The summed E-state index contributed by atoms with van der Waals surface area (Å²) in [7, 11) is 0. The Kier molecular flexibility index (Phi) is 3.43. The van der Waals surface area contributed by atoms with Crippen molar-refractivity contribution in [3.05, 3.63) is 18.7 Å². The molecule has 0 bridgehead atoms. The maximum Gasteiger partial charge on any atom is 0.243 e. The van der Waals surface area contributed by atoms with Gasteiger partial charge in [-0.3, -0.25) is 0 Å². The van der Waals surface area contributed by atoms with Gasteiger partial charge in [0.2, 0.25) is 6.33 Å². The van der Waals surface area contributed by atoms with Crippen LogP contribution in [-0.4, -0.2) is 30.0 Å². The second-order valence-corrected chi connectivity index (χ2v) is 5.08. The summed E-state index contributed by atoms with van der Waals surface area (Å²) in [5.74, 6) is 0. The fourth-order valence-corrected chi connectivity index (χ4v) is 2.70. The van der Waals surface area contributed by atoms with E-state index in [4.69, 9.17) is 9.47 Å². The third kappa shape index (κ3) is 2.87. The van der Waals surface area contributed by atoms with Gasteiger partial charge in [0.15, 0.2) is 0 Å². The summed E-state index contributed by atoms with van der Waals surface area (Å²) in [6.45, 7) is 3.83. The number of hydrogen-bond donors (Lipinski definition) is 0. The molecule has 0 N–H and O–H groups in total. The Bertz CT molecular complexity index is 320. The molecular formula is C13H21N2O2+. The number of hydrogen-bond acceptors (Lipinski definition) is 2. The van der Waals surface area contributed by atoms with E-state index in [1.165, 1.54) is 25.7 Å². The van der Waals surface area contributed by atoms with E-state index in [2.05, 4.69) is 27.9 Å². The molecule has 0 saturated carbocycles. The summed E-state index contributed by atoms with van der Waals surface area (Å²) in [6, 6.07) is 0. The van der Waals surface area contributed by atoms with Gasteiger partial charge in [0, 0.05) is 13.2 Å². The average molecular weight is 237 g/mol. The Morgan fingerprint density at radius 1 is 1.12 bits per heavy atom. The third-order valence-corrected chi connectivity index (χ3v) is 3.62. The molecule has 0 radical (unpaired) electrons. The lowest BCUT2D eigenvalue weighted by Crippen LogP contribution is -2.37. The minimum Gasteiger partial charge on any atom is -0.374 e. The standard InChI is InChI=1S/C13H21N2O2/c1-3-12(16-7-1)9-14-5-6-15(11-14)10-13-4-2-8-17-13/h5-6,11-13H,1-4,7-10H2/q+1. The van der Waals surface area contributed by atoms with E-state index in [0.29, 0.717) is 12.2 Å². The van der Waals surface area contributed by atoms with Crippen LogP contribution >= 0.6 is 0 Å². The van der Waals surface area contributed by atoms with Crippen molar-refractivity contribution in [3.63, 3.8) is 0 Å². The molecule has 2 aliphatic rings. The highest BCUT2D eigenvalue weighted by atomic mass is 16.5. The van der Waals surface area contributed by atoms with Crippen molar-refractivity contribution in [3.8, 4) is 0 Å². The molecule has 0 amide bonds.